The van der Waals surface area contributed by atoms with Crippen LogP contribution in [0.2, 0.25) is 0 Å². The topological polar surface area (TPSA) is 91.4 Å². The number of methoxy groups -OCH3 is 1. The fraction of sp³-hybridized carbons (Fsp3) is 0.710. The summed E-state index contributed by atoms with van der Waals surface area (Å²) in [7, 11) is 1.33. The zero-order valence-corrected chi connectivity index (χ0v) is 25.2. The number of esters is 3. The Labute approximate surface area is 233 Å². The smallest absolute Gasteiger partial charge is 0.324 e. The van der Waals surface area contributed by atoms with Gasteiger partial charge in [0.05, 0.1) is 31.8 Å². The van der Waals surface area contributed by atoms with Crippen LogP contribution in [0.25, 0.3) is 0 Å². The Morgan fingerprint density at radius 3 is 1.90 bits per heavy atom. The monoisotopic (exact) mass is 545 g/mol. The van der Waals surface area contributed by atoms with Crippen LogP contribution < -0.4 is 0 Å². The van der Waals surface area contributed by atoms with Crippen LogP contribution in [0.1, 0.15) is 92.6 Å². The first-order chi connectivity index (χ1) is 18.2. The highest BCUT2D eigenvalue weighted by Gasteiger charge is 2.72. The molecule has 1 heterocycles. The van der Waals surface area contributed by atoms with Gasteiger partial charge in [0.15, 0.2) is 5.41 Å². The summed E-state index contributed by atoms with van der Waals surface area (Å²) in [4.78, 5) is 48.6. The third-order valence-corrected chi connectivity index (χ3v) is 8.66. The van der Waals surface area contributed by atoms with Crippen LogP contribution in [-0.4, -0.2) is 60.0 Å². The van der Waals surface area contributed by atoms with E-state index in [-0.39, 0.29) is 30.7 Å². The summed E-state index contributed by atoms with van der Waals surface area (Å²) in [6.45, 7) is 15.9. The molecule has 0 amide bonds. The van der Waals surface area contributed by atoms with Crippen LogP contribution in [0.3, 0.4) is 0 Å². The molecule has 3 rings (SSSR count). The second-order valence-corrected chi connectivity index (χ2v) is 12.6. The third kappa shape index (κ3) is 5.60. The van der Waals surface area contributed by atoms with Gasteiger partial charge in [-0.15, -0.1) is 0 Å². The van der Waals surface area contributed by atoms with E-state index in [9.17, 15) is 14.4 Å². The molecule has 2 aliphatic rings. The predicted molar refractivity (Wildman–Crippen MR) is 148 cm³/mol. The Hall–Kier alpha value is -2.45. The van der Waals surface area contributed by atoms with E-state index in [0.717, 1.165) is 19.3 Å². The standard InChI is InChI=1S/C31H47NO7/c1-10-37-26(34)31(27(35)38-11-2)23(20-22(25(33)36-9)24(31)21-16-13-12-14-17-21)30(7,8)39-32-28(3,4)18-15-19-29(32,5)6/h12-14,16-17,22-24H,10-11,15,18-20H2,1-9H3/t22-,23-,24-/m1/s1. The van der Waals surface area contributed by atoms with Crippen LogP contribution >= 0.6 is 0 Å². The van der Waals surface area contributed by atoms with E-state index in [1.165, 1.54) is 7.11 Å². The molecule has 1 saturated heterocycles. The minimum absolute atomic E-state index is 0.0740. The highest BCUT2D eigenvalue weighted by atomic mass is 16.7. The number of nitrogens with zero attached hydrogens (tertiary/aromatic N) is 1. The van der Waals surface area contributed by atoms with Crippen LogP contribution in [-0.2, 0) is 33.4 Å². The van der Waals surface area contributed by atoms with Gasteiger partial charge < -0.3 is 14.2 Å². The maximum Gasteiger partial charge on any atom is 0.324 e. The normalized spacial score (nSPS) is 26.0. The zero-order valence-electron chi connectivity index (χ0n) is 25.2. The van der Waals surface area contributed by atoms with Gasteiger partial charge in [0, 0.05) is 22.9 Å². The van der Waals surface area contributed by atoms with Crippen molar-refractivity contribution in [3.63, 3.8) is 0 Å². The van der Waals surface area contributed by atoms with E-state index < -0.39 is 46.7 Å². The number of piperidine rings is 1. The zero-order chi connectivity index (χ0) is 29.2. The number of carbonyl (C=O) groups excluding carboxylic acids is 3. The lowest BCUT2D eigenvalue weighted by Gasteiger charge is -2.55. The number of hydrogen-bond acceptors (Lipinski definition) is 8. The van der Waals surface area contributed by atoms with Crippen molar-refractivity contribution in [1.29, 1.82) is 0 Å². The lowest BCUT2D eigenvalue weighted by atomic mass is 9.64. The maximum absolute atomic E-state index is 14.2. The molecule has 1 saturated carbocycles. The quantitative estimate of drug-likeness (QED) is 0.230. The molecule has 8 heteroatoms. The summed E-state index contributed by atoms with van der Waals surface area (Å²) in [5.74, 6) is -4.31. The van der Waals surface area contributed by atoms with Crippen LogP contribution in [0.15, 0.2) is 30.3 Å². The van der Waals surface area contributed by atoms with Gasteiger partial charge in [-0.05, 0) is 86.6 Å². The summed E-state index contributed by atoms with van der Waals surface area (Å²) in [5, 5.41) is 2.04. The minimum atomic E-state index is -1.83. The summed E-state index contributed by atoms with van der Waals surface area (Å²) < 4.78 is 16.5. The molecule has 0 radical (unpaired) electrons. The first-order valence-electron chi connectivity index (χ1n) is 14.2. The molecule has 0 unspecified atom stereocenters. The Morgan fingerprint density at radius 1 is 0.923 bits per heavy atom. The van der Waals surface area contributed by atoms with Gasteiger partial charge in [0.25, 0.3) is 0 Å². The molecule has 3 atom stereocenters. The first-order valence-corrected chi connectivity index (χ1v) is 14.2. The van der Waals surface area contributed by atoms with E-state index in [1.54, 1.807) is 13.8 Å². The summed E-state index contributed by atoms with van der Waals surface area (Å²) in [5.41, 5.74) is -2.80. The molecule has 2 fully saturated rings. The minimum Gasteiger partial charge on any atom is -0.469 e. The summed E-state index contributed by atoms with van der Waals surface area (Å²) >= 11 is 0. The molecule has 0 spiro atoms. The van der Waals surface area contributed by atoms with Crippen LogP contribution in [0.4, 0.5) is 0 Å². The molecule has 1 aromatic carbocycles. The molecule has 39 heavy (non-hydrogen) atoms. The molecule has 0 bridgehead atoms. The van der Waals surface area contributed by atoms with Crippen molar-refractivity contribution in [3.05, 3.63) is 35.9 Å². The highest BCUT2D eigenvalue weighted by Crippen LogP contribution is 2.62. The van der Waals surface area contributed by atoms with Gasteiger partial charge in [-0.25, -0.2) is 0 Å². The average Bonchev–Trinajstić information content (AvgIpc) is 3.25. The van der Waals surface area contributed by atoms with Gasteiger partial charge in [0.2, 0.25) is 0 Å². The molecule has 8 nitrogen and oxygen atoms in total. The largest absolute Gasteiger partial charge is 0.469 e. The SMILES string of the molecule is CCOC(=O)C1(C(=O)OCC)[C@H](c2ccccc2)[C@H](C(=O)OC)C[C@@H]1C(C)(C)ON1C(C)(C)CCCC1(C)C. The number of ether oxygens (including phenoxy) is 3. The third-order valence-electron chi connectivity index (χ3n) is 8.66. The van der Waals surface area contributed by atoms with Gasteiger partial charge in [-0.3, -0.25) is 19.2 Å². The molecule has 1 aromatic rings. The Morgan fingerprint density at radius 2 is 1.44 bits per heavy atom. The maximum atomic E-state index is 14.2. The van der Waals surface area contributed by atoms with E-state index in [4.69, 9.17) is 19.0 Å². The Balaban J connectivity index is 2.28. The molecular formula is C31H47NO7. The number of rotatable bonds is 9. The Kier molecular flexibility index (Phi) is 9.22. The van der Waals surface area contributed by atoms with Crippen molar-refractivity contribution in [3.8, 4) is 0 Å². The van der Waals surface area contributed by atoms with E-state index in [2.05, 4.69) is 27.7 Å². The average molecular weight is 546 g/mol. The molecule has 0 N–H and O–H groups in total. The molecule has 1 aliphatic heterocycles. The summed E-state index contributed by atoms with van der Waals surface area (Å²) in [6, 6.07) is 9.19. The number of hydrogen-bond donors (Lipinski definition) is 0. The lowest BCUT2D eigenvalue weighted by Crippen LogP contribution is -2.63. The molecular weight excluding hydrogens is 498 g/mol. The number of benzene rings is 1. The van der Waals surface area contributed by atoms with Crippen molar-refractivity contribution in [2.45, 2.75) is 104 Å². The van der Waals surface area contributed by atoms with Gasteiger partial charge in [-0.2, -0.15) is 5.06 Å². The van der Waals surface area contributed by atoms with Crippen molar-refractivity contribution >= 4 is 17.9 Å². The van der Waals surface area contributed by atoms with Crippen LogP contribution in [0, 0.1) is 17.3 Å². The van der Waals surface area contributed by atoms with Gasteiger partial charge >= 0.3 is 17.9 Å². The first kappa shape index (κ1) is 31.1. The number of hydroxylamine groups is 2. The van der Waals surface area contributed by atoms with Gasteiger partial charge in [-0.1, -0.05) is 30.3 Å². The van der Waals surface area contributed by atoms with E-state index in [0.29, 0.717) is 5.56 Å². The molecule has 0 aromatic heterocycles. The van der Waals surface area contributed by atoms with Crippen molar-refractivity contribution in [2.24, 2.45) is 17.3 Å². The van der Waals surface area contributed by atoms with Crippen molar-refractivity contribution in [1.82, 2.24) is 5.06 Å². The summed E-state index contributed by atoms with van der Waals surface area (Å²) in [6.07, 6.45) is 3.14. The van der Waals surface area contributed by atoms with Crippen LogP contribution in [0.5, 0.6) is 0 Å². The van der Waals surface area contributed by atoms with Gasteiger partial charge in [0.1, 0.15) is 0 Å². The fourth-order valence-corrected chi connectivity index (χ4v) is 7.13. The van der Waals surface area contributed by atoms with E-state index in [1.807, 2.05) is 49.2 Å². The van der Waals surface area contributed by atoms with Crippen molar-refractivity contribution < 1.29 is 33.4 Å². The van der Waals surface area contributed by atoms with E-state index >= 15 is 0 Å². The fourth-order valence-electron chi connectivity index (χ4n) is 7.13. The second-order valence-electron chi connectivity index (χ2n) is 12.6. The van der Waals surface area contributed by atoms with Crippen molar-refractivity contribution in [2.75, 3.05) is 20.3 Å². The lowest BCUT2D eigenvalue weighted by molar-refractivity contribution is -0.343. The second kappa shape index (κ2) is 11.6. The molecule has 218 valence electrons. The molecule has 1 aliphatic carbocycles. The predicted octanol–water partition coefficient (Wildman–Crippen LogP) is 5.45. The number of carbonyl (C=O) groups is 3. The Bertz CT molecular complexity index is 999. The highest BCUT2D eigenvalue weighted by molar-refractivity contribution is 6.03.